The van der Waals surface area contributed by atoms with Gasteiger partial charge < -0.3 is 9.47 Å². The van der Waals surface area contributed by atoms with Crippen LogP contribution in [0, 0.1) is 6.92 Å². The summed E-state index contributed by atoms with van der Waals surface area (Å²) >= 11 is 6.01. The Kier molecular flexibility index (Phi) is 3.71. The number of nitrogens with zero attached hydrogens (tertiary/aromatic N) is 4. The van der Waals surface area contributed by atoms with Crippen LogP contribution in [0.15, 0.2) is 12.3 Å². The summed E-state index contributed by atoms with van der Waals surface area (Å²) < 4.78 is 2.17. The van der Waals surface area contributed by atoms with Crippen molar-refractivity contribution in [1.29, 1.82) is 0 Å². The van der Waals surface area contributed by atoms with Crippen LogP contribution in [0.1, 0.15) is 24.2 Å². The van der Waals surface area contributed by atoms with Gasteiger partial charge in [0.2, 0.25) is 0 Å². The van der Waals surface area contributed by atoms with Crippen molar-refractivity contribution in [2.75, 3.05) is 19.6 Å². The highest BCUT2D eigenvalue weighted by molar-refractivity contribution is 6.16. The number of hydrogen-bond acceptors (Lipinski definition) is 3. The number of imidazole rings is 1. The fourth-order valence-corrected chi connectivity index (χ4v) is 2.95. The Labute approximate surface area is 118 Å². The monoisotopic (exact) mass is 278 g/mol. The van der Waals surface area contributed by atoms with Gasteiger partial charge in [0.25, 0.3) is 0 Å². The largest absolute Gasteiger partial charge is 0.310 e. The lowest BCUT2D eigenvalue weighted by Gasteiger charge is -2.15. The van der Waals surface area contributed by atoms with E-state index in [1.54, 1.807) is 0 Å². The molecule has 3 rings (SSSR count). The minimum Gasteiger partial charge on any atom is -0.310 e. The van der Waals surface area contributed by atoms with Gasteiger partial charge >= 0.3 is 0 Å². The topological polar surface area (TPSA) is 34.0 Å². The van der Waals surface area contributed by atoms with Crippen LogP contribution in [0.2, 0.25) is 0 Å². The number of aryl methyl sites for hydroxylation is 1. The Morgan fingerprint density at radius 1 is 1.26 bits per heavy atom. The zero-order valence-electron chi connectivity index (χ0n) is 11.3. The summed E-state index contributed by atoms with van der Waals surface area (Å²) in [6.07, 6.45) is 4.54. The van der Waals surface area contributed by atoms with Gasteiger partial charge in [-0.25, -0.2) is 9.97 Å². The minimum absolute atomic E-state index is 0.440. The van der Waals surface area contributed by atoms with E-state index < -0.39 is 0 Å². The van der Waals surface area contributed by atoms with E-state index in [2.05, 4.69) is 25.5 Å². The molecule has 0 radical (unpaired) electrons. The third kappa shape index (κ3) is 2.60. The molecule has 4 nitrogen and oxygen atoms in total. The van der Waals surface area contributed by atoms with E-state index in [4.69, 9.17) is 11.6 Å². The summed E-state index contributed by atoms with van der Waals surface area (Å²) in [6, 6.07) is 2.07. The molecule has 0 bridgehead atoms. The number of fused-ring (bicyclic) bond motifs is 1. The van der Waals surface area contributed by atoms with Crippen LogP contribution in [0.3, 0.4) is 0 Å². The molecule has 1 fully saturated rings. The van der Waals surface area contributed by atoms with Gasteiger partial charge in [-0.15, -0.1) is 11.6 Å². The molecule has 0 aliphatic carbocycles. The first-order valence-electron chi connectivity index (χ1n) is 6.88. The van der Waals surface area contributed by atoms with E-state index in [1.165, 1.54) is 25.9 Å². The molecule has 2 aromatic heterocycles. The SMILES string of the molecule is Cc1cnc2c(c1)nc(CCl)n2CCN1CCCC1. The van der Waals surface area contributed by atoms with Gasteiger partial charge in [-0.05, 0) is 44.5 Å². The third-order valence-corrected chi connectivity index (χ3v) is 4.00. The van der Waals surface area contributed by atoms with Crippen molar-refractivity contribution >= 4 is 22.8 Å². The lowest BCUT2D eigenvalue weighted by Crippen LogP contribution is -2.24. The molecule has 0 atom stereocenters. The van der Waals surface area contributed by atoms with Crippen LogP contribution in [-0.4, -0.2) is 39.1 Å². The Balaban J connectivity index is 1.87. The van der Waals surface area contributed by atoms with Crippen molar-refractivity contribution in [2.24, 2.45) is 0 Å². The predicted molar refractivity (Wildman–Crippen MR) is 77.5 cm³/mol. The second-order valence-electron chi connectivity index (χ2n) is 5.22. The lowest BCUT2D eigenvalue weighted by molar-refractivity contribution is 0.322. The van der Waals surface area contributed by atoms with Crippen molar-refractivity contribution in [3.63, 3.8) is 0 Å². The number of pyridine rings is 1. The Morgan fingerprint density at radius 3 is 2.79 bits per heavy atom. The first-order chi connectivity index (χ1) is 9.28. The van der Waals surface area contributed by atoms with Crippen molar-refractivity contribution in [3.8, 4) is 0 Å². The maximum Gasteiger partial charge on any atom is 0.160 e. The normalized spacial score (nSPS) is 16.5. The summed E-state index contributed by atoms with van der Waals surface area (Å²) in [4.78, 5) is 11.6. The summed E-state index contributed by atoms with van der Waals surface area (Å²) in [6.45, 7) is 6.46. The zero-order chi connectivity index (χ0) is 13.2. The number of aromatic nitrogens is 3. The van der Waals surface area contributed by atoms with E-state index >= 15 is 0 Å². The molecule has 0 spiro atoms. The zero-order valence-corrected chi connectivity index (χ0v) is 12.0. The van der Waals surface area contributed by atoms with Gasteiger partial charge in [0.15, 0.2) is 5.65 Å². The number of likely N-dealkylation sites (tertiary alicyclic amines) is 1. The maximum atomic E-state index is 6.01. The van der Waals surface area contributed by atoms with Crippen LogP contribution in [0.5, 0.6) is 0 Å². The van der Waals surface area contributed by atoms with Crippen LogP contribution >= 0.6 is 11.6 Å². The fourth-order valence-electron chi connectivity index (χ4n) is 2.74. The van der Waals surface area contributed by atoms with E-state index in [0.29, 0.717) is 5.88 Å². The second-order valence-corrected chi connectivity index (χ2v) is 5.48. The van der Waals surface area contributed by atoms with E-state index in [-0.39, 0.29) is 0 Å². The first kappa shape index (κ1) is 12.9. The first-order valence-corrected chi connectivity index (χ1v) is 7.41. The molecule has 0 unspecified atom stereocenters. The van der Waals surface area contributed by atoms with Crippen molar-refractivity contribution in [2.45, 2.75) is 32.2 Å². The quantitative estimate of drug-likeness (QED) is 0.806. The summed E-state index contributed by atoms with van der Waals surface area (Å²) in [5, 5.41) is 0. The lowest BCUT2D eigenvalue weighted by atomic mass is 10.3. The van der Waals surface area contributed by atoms with Crippen LogP contribution in [-0.2, 0) is 12.4 Å². The number of halogens is 1. The average molecular weight is 279 g/mol. The summed E-state index contributed by atoms with van der Waals surface area (Å²) in [5.41, 5.74) is 3.05. The molecule has 0 N–H and O–H groups in total. The molecule has 3 heterocycles. The van der Waals surface area contributed by atoms with Crippen LogP contribution in [0.4, 0.5) is 0 Å². The molecule has 19 heavy (non-hydrogen) atoms. The highest BCUT2D eigenvalue weighted by Gasteiger charge is 2.15. The molecule has 1 saturated heterocycles. The highest BCUT2D eigenvalue weighted by Crippen LogP contribution is 2.17. The Bertz CT molecular complexity index is 572. The minimum atomic E-state index is 0.440. The van der Waals surface area contributed by atoms with Crippen molar-refractivity contribution in [3.05, 3.63) is 23.7 Å². The molecule has 0 amide bonds. The van der Waals surface area contributed by atoms with E-state index in [1.807, 2.05) is 13.1 Å². The molecule has 1 aliphatic rings. The third-order valence-electron chi connectivity index (χ3n) is 3.76. The molecule has 102 valence electrons. The molecule has 0 saturated carbocycles. The number of alkyl halides is 1. The molecular weight excluding hydrogens is 260 g/mol. The maximum absolute atomic E-state index is 6.01. The Morgan fingerprint density at radius 2 is 2.05 bits per heavy atom. The van der Waals surface area contributed by atoms with Gasteiger partial charge in [-0.1, -0.05) is 0 Å². The van der Waals surface area contributed by atoms with Gasteiger partial charge in [0, 0.05) is 19.3 Å². The Hall–Kier alpha value is -1.13. The molecule has 1 aliphatic heterocycles. The van der Waals surface area contributed by atoms with Crippen molar-refractivity contribution < 1.29 is 0 Å². The van der Waals surface area contributed by atoms with Gasteiger partial charge in [-0.2, -0.15) is 0 Å². The smallest absolute Gasteiger partial charge is 0.160 e. The van der Waals surface area contributed by atoms with Crippen molar-refractivity contribution in [1.82, 2.24) is 19.4 Å². The predicted octanol–water partition coefficient (Wildman–Crippen LogP) is 2.57. The molecule has 5 heteroatoms. The average Bonchev–Trinajstić information content (AvgIpc) is 3.02. The van der Waals surface area contributed by atoms with Gasteiger partial charge in [0.1, 0.15) is 11.3 Å². The summed E-state index contributed by atoms with van der Waals surface area (Å²) in [5.74, 6) is 1.36. The van der Waals surface area contributed by atoms with Crippen LogP contribution in [0.25, 0.3) is 11.2 Å². The van der Waals surface area contributed by atoms with Gasteiger partial charge in [0.05, 0.1) is 5.88 Å². The van der Waals surface area contributed by atoms with E-state index in [0.717, 1.165) is 35.6 Å². The number of rotatable bonds is 4. The van der Waals surface area contributed by atoms with Crippen LogP contribution < -0.4 is 0 Å². The second kappa shape index (κ2) is 5.47. The van der Waals surface area contributed by atoms with Gasteiger partial charge in [-0.3, -0.25) is 0 Å². The standard InChI is InChI=1S/C14H19ClN4/c1-11-8-12-14(16-10-11)19(13(9-15)17-12)7-6-18-4-2-3-5-18/h8,10H,2-7,9H2,1H3. The molecular formula is C14H19ClN4. The molecule has 0 aromatic carbocycles. The number of hydrogen-bond donors (Lipinski definition) is 0. The molecule has 2 aromatic rings. The van der Waals surface area contributed by atoms with E-state index in [9.17, 15) is 0 Å². The fraction of sp³-hybridized carbons (Fsp3) is 0.571. The summed E-state index contributed by atoms with van der Waals surface area (Å²) in [7, 11) is 0. The highest BCUT2D eigenvalue weighted by atomic mass is 35.5.